The van der Waals surface area contributed by atoms with E-state index in [-0.39, 0.29) is 17.4 Å². The van der Waals surface area contributed by atoms with Gasteiger partial charge in [-0.15, -0.1) is 0 Å². The van der Waals surface area contributed by atoms with E-state index in [0.29, 0.717) is 10.2 Å². The first kappa shape index (κ1) is 14.2. The molecule has 0 aliphatic heterocycles. The van der Waals surface area contributed by atoms with Crippen molar-refractivity contribution in [3.05, 3.63) is 50.5 Å². The van der Waals surface area contributed by atoms with E-state index in [9.17, 15) is 10.1 Å². The maximum atomic E-state index is 11.0. The number of hydrogen-bond donors (Lipinski definition) is 2. The summed E-state index contributed by atoms with van der Waals surface area (Å²) in [5.41, 5.74) is 3.11. The van der Waals surface area contributed by atoms with Crippen LogP contribution in [-0.4, -0.2) is 9.91 Å². The van der Waals surface area contributed by atoms with Gasteiger partial charge in [-0.05, 0) is 46.6 Å². The second-order valence-electron chi connectivity index (χ2n) is 3.96. The second-order valence-corrected chi connectivity index (χ2v) is 4.81. The van der Waals surface area contributed by atoms with Crippen molar-refractivity contribution in [3.63, 3.8) is 0 Å². The van der Waals surface area contributed by atoms with Crippen LogP contribution in [0.5, 0.6) is 11.6 Å². The van der Waals surface area contributed by atoms with Crippen molar-refractivity contribution in [1.82, 2.24) is 4.98 Å². The van der Waals surface area contributed by atoms with E-state index in [4.69, 9.17) is 10.6 Å². The summed E-state index contributed by atoms with van der Waals surface area (Å²) in [4.78, 5) is 14.4. The van der Waals surface area contributed by atoms with Crippen molar-refractivity contribution in [2.24, 2.45) is 5.84 Å². The van der Waals surface area contributed by atoms with Crippen molar-refractivity contribution in [1.29, 1.82) is 0 Å². The van der Waals surface area contributed by atoms with Crippen molar-refractivity contribution < 1.29 is 9.66 Å². The van der Waals surface area contributed by atoms with Gasteiger partial charge in [-0.2, -0.15) is 4.98 Å². The minimum Gasteiger partial charge on any atom is -0.432 e. The van der Waals surface area contributed by atoms with Gasteiger partial charge < -0.3 is 10.2 Å². The first-order chi connectivity index (χ1) is 9.51. The number of anilines is 1. The lowest BCUT2D eigenvalue weighted by atomic mass is 10.2. The molecule has 1 aromatic carbocycles. The molecule has 2 rings (SSSR count). The molecule has 0 aliphatic rings. The monoisotopic (exact) mass is 338 g/mol. The van der Waals surface area contributed by atoms with Gasteiger partial charge in [0, 0.05) is 6.07 Å². The fourth-order valence-electron chi connectivity index (χ4n) is 1.52. The summed E-state index contributed by atoms with van der Waals surface area (Å²) in [6.45, 7) is 1.92. The van der Waals surface area contributed by atoms with Crippen LogP contribution in [0.25, 0.3) is 0 Å². The van der Waals surface area contributed by atoms with Gasteiger partial charge in [-0.25, -0.2) is 5.84 Å². The number of rotatable bonds is 4. The molecule has 0 saturated carbocycles. The number of aromatic nitrogens is 1. The largest absolute Gasteiger partial charge is 0.432 e. The number of nitrogens with zero attached hydrogens (tertiary/aromatic N) is 2. The lowest BCUT2D eigenvalue weighted by Gasteiger charge is -2.09. The molecule has 0 unspecified atom stereocenters. The summed E-state index contributed by atoms with van der Waals surface area (Å²) < 4.78 is 6.18. The highest BCUT2D eigenvalue weighted by atomic mass is 79.9. The highest BCUT2D eigenvalue weighted by Gasteiger charge is 2.19. The van der Waals surface area contributed by atoms with Crippen LogP contribution in [0.15, 0.2) is 34.8 Å². The Morgan fingerprint density at radius 1 is 1.40 bits per heavy atom. The molecule has 3 N–H and O–H groups in total. The Balaban J connectivity index is 2.43. The number of nitrogens with one attached hydrogen (secondary N) is 1. The summed E-state index contributed by atoms with van der Waals surface area (Å²) in [5, 5.41) is 11.0. The standard InChI is InChI=1S/C12H11BrN4O3/c1-7-2-4-10(8(13)6-7)20-12-9(17(18)19)3-5-11(15-12)16-14/h2-6H,14H2,1H3,(H,15,16). The van der Waals surface area contributed by atoms with Crippen LogP contribution >= 0.6 is 15.9 Å². The minimum atomic E-state index is -0.565. The second kappa shape index (κ2) is 5.85. The molecule has 0 bridgehead atoms. The zero-order valence-electron chi connectivity index (χ0n) is 10.5. The number of benzene rings is 1. The number of hydrazine groups is 1. The van der Waals surface area contributed by atoms with E-state index in [1.54, 1.807) is 6.07 Å². The number of aryl methyl sites for hydroxylation is 1. The molecular formula is C12H11BrN4O3. The minimum absolute atomic E-state index is 0.130. The van der Waals surface area contributed by atoms with Crippen LogP contribution in [0.4, 0.5) is 11.5 Å². The molecule has 104 valence electrons. The molecule has 0 atom stereocenters. The van der Waals surface area contributed by atoms with Crippen LogP contribution in [-0.2, 0) is 0 Å². The van der Waals surface area contributed by atoms with E-state index in [0.717, 1.165) is 5.56 Å². The van der Waals surface area contributed by atoms with Gasteiger partial charge in [0.25, 0.3) is 0 Å². The Morgan fingerprint density at radius 2 is 2.15 bits per heavy atom. The summed E-state index contributed by atoms with van der Waals surface area (Å²) in [6.07, 6.45) is 0. The number of nitrogen functional groups attached to an aromatic ring is 1. The van der Waals surface area contributed by atoms with Gasteiger partial charge in [0.2, 0.25) is 0 Å². The average molecular weight is 339 g/mol. The third kappa shape index (κ3) is 3.03. The Bertz CT molecular complexity index is 663. The SMILES string of the molecule is Cc1ccc(Oc2nc(NN)ccc2[N+](=O)[O-])c(Br)c1. The van der Waals surface area contributed by atoms with Gasteiger partial charge in [0.05, 0.1) is 9.40 Å². The summed E-state index contributed by atoms with van der Waals surface area (Å²) in [6, 6.07) is 8.05. The maximum absolute atomic E-state index is 11.0. The Labute approximate surface area is 123 Å². The number of hydrogen-bond acceptors (Lipinski definition) is 6. The Hall–Kier alpha value is -2.19. The molecule has 1 heterocycles. The smallest absolute Gasteiger partial charge is 0.331 e. The van der Waals surface area contributed by atoms with Crippen LogP contribution in [0.1, 0.15) is 5.56 Å². The molecule has 2 aromatic rings. The molecule has 0 radical (unpaired) electrons. The lowest BCUT2D eigenvalue weighted by molar-refractivity contribution is -0.386. The van der Waals surface area contributed by atoms with Crippen LogP contribution in [0.3, 0.4) is 0 Å². The number of halogens is 1. The van der Waals surface area contributed by atoms with Crippen molar-refractivity contribution in [2.75, 3.05) is 5.43 Å². The normalized spacial score (nSPS) is 10.2. The summed E-state index contributed by atoms with van der Waals surface area (Å²) in [7, 11) is 0. The molecule has 0 spiro atoms. The number of pyridine rings is 1. The van der Waals surface area contributed by atoms with Crippen molar-refractivity contribution >= 4 is 27.4 Å². The van der Waals surface area contributed by atoms with Gasteiger partial charge >= 0.3 is 11.6 Å². The van der Waals surface area contributed by atoms with E-state index in [2.05, 4.69) is 26.3 Å². The third-order valence-electron chi connectivity index (χ3n) is 2.48. The molecule has 20 heavy (non-hydrogen) atoms. The average Bonchev–Trinajstić information content (AvgIpc) is 2.41. The number of ether oxygens (including phenoxy) is 1. The number of nitrogens with two attached hydrogens (primary N) is 1. The van der Waals surface area contributed by atoms with Crippen LogP contribution < -0.4 is 16.0 Å². The van der Waals surface area contributed by atoms with Crippen LogP contribution in [0, 0.1) is 17.0 Å². The summed E-state index contributed by atoms with van der Waals surface area (Å²) in [5.74, 6) is 5.81. The molecular weight excluding hydrogens is 328 g/mol. The quantitative estimate of drug-likeness (QED) is 0.504. The van der Waals surface area contributed by atoms with Gasteiger partial charge in [0.1, 0.15) is 11.6 Å². The molecule has 0 fully saturated rings. The topological polar surface area (TPSA) is 103 Å². The van der Waals surface area contributed by atoms with Gasteiger partial charge in [-0.1, -0.05) is 6.07 Å². The highest BCUT2D eigenvalue weighted by molar-refractivity contribution is 9.10. The van der Waals surface area contributed by atoms with E-state index < -0.39 is 4.92 Å². The zero-order chi connectivity index (χ0) is 14.7. The maximum Gasteiger partial charge on any atom is 0.331 e. The third-order valence-corrected chi connectivity index (χ3v) is 3.10. The predicted octanol–water partition coefficient (Wildman–Crippen LogP) is 3.14. The first-order valence-corrected chi connectivity index (χ1v) is 6.36. The molecule has 7 nitrogen and oxygen atoms in total. The van der Waals surface area contributed by atoms with Crippen molar-refractivity contribution in [2.45, 2.75) is 6.92 Å². The molecule has 0 amide bonds. The van der Waals surface area contributed by atoms with Crippen LogP contribution in [0.2, 0.25) is 0 Å². The van der Waals surface area contributed by atoms with Gasteiger partial charge in [0.15, 0.2) is 0 Å². The molecule has 1 aromatic heterocycles. The fraction of sp³-hybridized carbons (Fsp3) is 0.0833. The molecule has 0 aliphatic carbocycles. The van der Waals surface area contributed by atoms with E-state index in [1.165, 1.54) is 12.1 Å². The lowest BCUT2D eigenvalue weighted by Crippen LogP contribution is -2.09. The first-order valence-electron chi connectivity index (χ1n) is 5.57. The summed E-state index contributed by atoms with van der Waals surface area (Å²) >= 11 is 3.34. The van der Waals surface area contributed by atoms with E-state index in [1.807, 2.05) is 19.1 Å². The van der Waals surface area contributed by atoms with Crippen molar-refractivity contribution in [3.8, 4) is 11.6 Å². The Morgan fingerprint density at radius 3 is 2.75 bits per heavy atom. The highest BCUT2D eigenvalue weighted by Crippen LogP contribution is 2.34. The zero-order valence-corrected chi connectivity index (χ0v) is 12.0. The molecule has 0 saturated heterocycles. The fourth-order valence-corrected chi connectivity index (χ4v) is 2.09. The van der Waals surface area contributed by atoms with Gasteiger partial charge in [-0.3, -0.25) is 10.1 Å². The molecule has 8 heteroatoms. The number of nitro groups is 1. The van der Waals surface area contributed by atoms with E-state index >= 15 is 0 Å². The predicted molar refractivity (Wildman–Crippen MR) is 77.7 cm³/mol. The Kier molecular flexibility index (Phi) is 4.16.